The summed E-state index contributed by atoms with van der Waals surface area (Å²) in [5.74, 6) is 1.04. The highest BCUT2D eigenvalue weighted by molar-refractivity contribution is 7.09. The first-order valence-corrected chi connectivity index (χ1v) is 9.16. The van der Waals surface area contributed by atoms with E-state index in [1.54, 1.807) is 17.5 Å². The van der Waals surface area contributed by atoms with Crippen LogP contribution in [-0.2, 0) is 23.7 Å². The molecule has 0 bridgehead atoms. The molecule has 9 heteroatoms. The third kappa shape index (κ3) is 4.97. The highest BCUT2D eigenvalue weighted by Crippen LogP contribution is 2.27. The van der Waals surface area contributed by atoms with Crippen molar-refractivity contribution in [1.29, 1.82) is 0 Å². The molecule has 0 aromatic carbocycles. The lowest BCUT2D eigenvalue weighted by Crippen LogP contribution is -2.49. The number of halogens is 2. The number of amides is 1. The summed E-state index contributed by atoms with van der Waals surface area (Å²) in [6.07, 6.45) is 4.05. The van der Waals surface area contributed by atoms with Crippen molar-refractivity contribution in [3.05, 3.63) is 34.3 Å². The van der Waals surface area contributed by atoms with Crippen molar-refractivity contribution >= 4 is 42.1 Å². The maximum absolute atomic E-state index is 12.9. The number of aryl methyl sites for hydroxylation is 1. The third-order valence-corrected chi connectivity index (χ3v) is 5.56. The lowest BCUT2D eigenvalue weighted by atomic mass is 9.98. The number of piperazine rings is 1. The van der Waals surface area contributed by atoms with Crippen molar-refractivity contribution < 1.29 is 4.79 Å². The molecule has 1 amide bonds. The van der Waals surface area contributed by atoms with E-state index in [1.807, 2.05) is 28.1 Å². The van der Waals surface area contributed by atoms with Crippen LogP contribution in [0.4, 0.5) is 0 Å². The van der Waals surface area contributed by atoms with Gasteiger partial charge in [-0.2, -0.15) is 0 Å². The van der Waals surface area contributed by atoms with E-state index in [4.69, 9.17) is 0 Å². The Bertz CT molecular complexity index is 725. The molecule has 1 atom stereocenters. The summed E-state index contributed by atoms with van der Waals surface area (Å²) in [5, 5.41) is 6.45. The Morgan fingerprint density at radius 2 is 2.12 bits per heavy atom. The smallest absolute Gasteiger partial charge is 0.229 e. The van der Waals surface area contributed by atoms with E-state index in [1.165, 1.54) is 0 Å². The molecule has 3 rings (SSSR count). The van der Waals surface area contributed by atoms with Gasteiger partial charge in [0.25, 0.3) is 0 Å². The summed E-state index contributed by atoms with van der Waals surface area (Å²) in [6, 6.07) is -0.0213. The standard InChI is InChI=1S/C17H25N5OS.2ClH/c1-17(2,3)16-20-12(11-24-16)9-14(23)22-8-5-18-10-13(22)15-19-6-7-21(15)4;;/h6-7,11,13,18H,5,8-10H2,1-4H3;2*1H. The van der Waals surface area contributed by atoms with Gasteiger partial charge in [-0.05, 0) is 0 Å². The van der Waals surface area contributed by atoms with Crippen molar-refractivity contribution in [3.63, 3.8) is 0 Å². The summed E-state index contributed by atoms with van der Waals surface area (Å²) in [4.78, 5) is 23.9. The molecular weight excluding hydrogens is 393 g/mol. The molecule has 0 spiro atoms. The maximum atomic E-state index is 12.9. The van der Waals surface area contributed by atoms with Gasteiger partial charge in [-0.1, -0.05) is 20.8 Å². The second-order valence-corrected chi connectivity index (χ2v) is 8.13. The first-order chi connectivity index (χ1) is 11.4. The van der Waals surface area contributed by atoms with Crippen LogP contribution in [-0.4, -0.2) is 45.0 Å². The third-order valence-electron chi connectivity index (χ3n) is 4.25. The minimum atomic E-state index is -0.0213. The van der Waals surface area contributed by atoms with E-state index in [-0.39, 0.29) is 42.2 Å². The van der Waals surface area contributed by atoms with Crippen LogP contribution in [0.5, 0.6) is 0 Å². The molecule has 1 aliphatic heterocycles. The van der Waals surface area contributed by atoms with E-state index >= 15 is 0 Å². The Kier molecular flexibility index (Phi) is 8.07. The van der Waals surface area contributed by atoms with Gasteiger partial charge >= 0.3 is 0 Å². The van der Waals surface area contributed by atoms with Gasteiger partial charge in [0.05, 0.1) is 17.1 Å². The number of hydrogen-bond acceptors (Lipinski definition) is 5. The van der Waals surface area contributed by atoms with Crippen LogP contribution >= 0.6 is 36.2 Å². The lowest BCUT2D eigenvalue weighted by Gasteiger charge is -2.35. The quantitative estimate of drug-likeness (QED) is 0.830. The molecule has 2 aromatic heterocycles. The molecule has 3 heterocycles. The highest BCUT2D eigenvalue weighted by Gasteiger charge is 2.30. The van der Waals surface area contributed by atoms with Crippen molar-refractivity contribution in [3.8, 4) is 0 Å². The number of hydrogen-bond donors (Lipinski definition) is 1. The minimum absolute atomic E-state index is 0. The molecule has 1 saturated heterocycles. The number of nitrogens with one attached hydrogen (secondary N) is 1. The summed E-state index contributed by atoms with van der Waals surface area (Å²) in [5.41, 5.74) is 0.892. The molecule has 26 heavy (non-hydrogen) atoms. The average Bonchev–Trinajstić information content (AvgIpc) is 3.16. The minimum Gasteiger partial charge on any atom is -0.336 e. The van der Waals surface area contributed by atoms with Gasteiger partial charge in [-0.3, -0.25) is 4.79 Å². The summed E-state index contributed by atoms with van der Waals surface area (Å²) in [6.45, 7) is 8.69. The van der Waals surface area contributed by atoms with E-state index in [9.17, 15) is 4.79 Å². The molecule has 1 N–H and O–H groups in total. The van der Waals surface area contributed by atoms with Gasteiger partial charge in [-0.25, -0.2) is 9.97 Å². The molecule has 0 saturated carbocycles. The first kappa shape index (κ1) is 22.9. The van der Waals surface area contributed by atoms with E-state index < -0.39 is 0 Å². The van der Waals surface area contributed by atoms with Gasteiger partial charge in [0.2, 0.25) is 5.91 Å². The van der Waals surface area contributed by atoms with Gasteiger partial charge in [-0.15, -0.1) is 36.2 Å². The van der Waals surface area contributed by atoms with Crippen LogP contribution < -0.4 is 5.32 Å². The zero-order valence-electron chi connectivity index (χ0n) is 15.6. The number of aromatic nitrogens is 3. The largest absolute Gasteiger partial charge is 0.336 e. The predicted octanol–water partition coefficient (Wildman–Crippen LogP) is 2.73. The number of thiazole rings is 1. The number of nitrogens with zero attached hydrogens (tertiary/aromatic N) is 4. The average molecular weight is 420 g/mol. The highest BCUT2D eigenvalue weighted by atomic mass is 35.5. The van der Waals surface area contributed by atoms with Crippen molar-refractivity contribution in [2.45, 2.75) is 38.6 Å². The molecule has 1 fully saturated rings. The Labute approximate surface area is 171 Å². The fraction of sp³-hybridized carbons (Fsp3) is 0.588. The first-order valence-electron chi connectivity index (χ1n) is 8.28. The number of imidazole rings is 1. The van der Waals surface area contributed by atoms with Crippen LogP contribution in [0.3, 0.4) is 0 Å². The second kappa shape index (κ2) is 9.17. The predicted molar refractivity (Wildman–Crippen MR) is 110 cm³/mol. The van der Waals surface area contributed by atoms with Crippen LogP contribution in [0, 0.1) is 0 Å². The van der Waals surface area contributed by atoms with Gasteiger partial charge in [0.15, 0.2) is 0 Å². The van der Waals surface area contributed by atoms with E-state index in [0.29, 0.717) is 13.0 Å². The van der Waals surface area contributed by atoms with Crippen LogP contribution in [0.25, 0.3) is 0 Å². The lowest BCUT2D eigenvalue weighted by molar-refractivity contribution is -0.134. The van der Waals surface area contributed by atoms with E-state index in [2.05, 4.69) is 36.1 Å². The van der Waals surface area contributed by atoms with Gasteiger partial charge < -0.3 is 14.8 Å². The summed E-state index contributed by atoms with van der Waals surface area (Å²) in [7, 11) is 1.97. The molecular formula is C17H27Cl2N5OS. The topological polar surface area (TPSA) is 63.1 Å². The fourth-order valence-corrected chi connectivity index (χ4v) is 3.83. The Morgan fingerprint density at radius 3 is 2.69 bits per heavy atom. The fourth-order valence-electron chi connectivity index (χ4n) is 2.92. The monoisotopic (exact) mass is 419 g/mol. The number of rotatable bonds is 3. The molecule has 1 aliphatic rings. The van der Waals surface area contributed by atoms with Crippen molar-refractivity contribution in [2.75, 3.05) is 19.6 Å². The molecule has 0 aliphatic carbocycles. The van der Waals surface area contributed by atoms with Gasteiger partial charge in [0, 0.05) is 49.9 Å². The number of carbonyl (C=O) groups excluding carboxylic acids is 1. The summed E-state index contributed by atoms with van der Waals surface area (Å²) < 4.78 is 1.98. The maximum Gasteiger partial charge on any atom is 0.229 e. The number of carbonyl (C=O) groups is 1. The van der Waals surface area contributed by atoms with Crippen molar-refractivity contribution in [1.82, 2.24) is 24.8 Å². The van der Waals surface area contributed by atoms with Gasteiger partial charge in [0.1, 0.15) is 11.9 Å². The van der Waals surface area contributed by atoms with Crippen LogP contribution in [0.2, 0.25) is 0 Å². The SMILES string of the molecule is Cl.Cl.Cn1ccnc1C1CNCCN1C(=O)Cc1csc(C(C)(C)C)n1. The van der Waals surface area contributed by atoms with E-state index in [0.717, 1.165) is 29.6 Å². The zero-order valence-corrected chi connectivity index (χ0v) is 18.0. The second-order valence-electron chi connectivity index (χ2n) is 7.27. The molecule has 0 radical (unpaired) electrons. The van der Waals surface area contributed by atoms with Crippen LogP contribution in [0.15, 0.2) is 17.8 Å². The zero-order chi connectivity index (χ0) is 17.3. The molecule has 2 aromatic rings. The molecule has 146 valence electrons. The normalized spacial score (nSPS) is 17.4. The Balaban J connectivity index is 0.00000169. The Morgan fingerprint density at radius 1 is 1.38 bits per heavy atom. The van der Waals surface area contributed by atoms with Crippen molar-refractivity contribution in [2.24, 2.45) is 7.05 Å². The molecule has 1 unspecified atom stereocenters. The van der Waals surface area contributed by atoms with Crippen LogP contribution in [0.1, 0.15) is 43.3 Å². The Hall–Kier alpha value is -1.15. The summed E-state index contributed by atoms with van der Waals surface area (Å²) >= 11 is 1.64. The molecule has 6 nitrogen and oxygen atoms in total.